The number of carboxylic acids is 1. The van der Waals surface area contributed by atoms with Crippen LogP contribution in [0.5, 0.6) is 0 Å². The maximum atomic E-state index is 12.4. The molecule has 0 radical (unpaired) electrons. The number of ether oxygens (including phenoxy) is 1. The summed E-state index contributed by atoms with van der Waals surface area (Å²) in [7, 11) is 0. The second kappa shape index (κ2) is 16.0. The van der Waals surface area contributed by atoms with E-state index in [1.54, 1.807) is 4.90 Å². The molecule has 7 heteroatoms. The Hall–Kier alpha value is -1.89. The molecule has 0 aromatic heterocycles. The van der Waals surface area contributed by atoms with Gasteiger partial charge in [-0.1, -0.05) is 52.5 Å². The van der Waals surface area contributed by atoms with E-state index in [2.05, 4.69) is 27.4 Å². The summed E-state index contributed by atoms with van der Waals surface area (Å²) in [6, 6.07) is -0.141. The summed E-state index contributed by atoms with van der Waals surface area (Å²) in [5.41, 5.74) is 0.0749. The molecule has 1 N–H and O–H groups in total. The Morgan fingerprint density at radius 3 is 2.09 bits per heavy atom. The number of rotatable bonds is 21. The van der Waals surface area contributed by atoms with Gasteiger partial charge in [0.25, 0.3) is 0 Å². The molecule has 0 aliphatic carbocycles. The molecule has 7 nitrogen and oxygen atoms in total. The van der Waals surface area contributed by atoms with Gasteiger partial charge in [0, 0.05) is 32.7 Å². The molecule has 202 valence electrons. The van der Waals surface area contributed by atoms with Crippen molar-refractivity contribution in [2.24, 2.45) is 10.8 Å². The first-order chi connectivity index (χ1) is 16.7. The van der Waals surface area contributed by atoms with Gasteiger partial charge in [-0.2, -0.15) is 0 Å². The smallest absolute Gasteiger partial charge is 0.327 e. The summed E-state index contributed by atoms with van der Waals surface area (Å²) in [4.78, 5) is 38.6. The number of urea groups is 1. The maximum Gasteiger partial charge on any atom is 0.327 e. The van der Waals surface area contributed by atoms with Gasteiger partial charge < -0.3 is 14.7 Å². The van der Waals surface area contributed by atoms with Crippen LogP contribution in [0.4, 0.5) is 4.79 Å². The van der Waals surface area contributed by atoms with E-state index in [9.17, 15) is 14.4 Å². The van der Waals surface area contributed by atoms with Crippen molar-refractivity contribution in [3.63, 3.8) is 0 Å². The number of carboxylic acid groups (broad SMARTS) is 1. The van der Waals surface area contributed by atoms with Crippen LogP contribution in [0.2, 0.25) is 0 Å². The zero-order valence-corrected chi connectivity index (χ0v) is 22.8. The SMILES string of the molecule is C=CC(CC)(CCCCOCCCCC(CC)(CC)CCN1C(=O)CN(CC)C1=O)CCC(=O)O. The predicted octanol–water partition coefficient (Wildman–Crippen LogP) is 6.27. The van der Waals surface area contributed by atoms with Crippen LogP contribution < -0.4 is 0 Å². The highest BCUT2D eigenvalue weighted by molar-refractivity contribution is 6.01. The summed E-state index contributed by atoms with van der Waals surface area (Å²) in [6.07, 6.45) is 12.8. The minimum absolute atomic E-state index is 0.0717. The minimum Gasteiger partial charge on any atom is -0.481 e. The zero-order chi connectivity index (χ0) is 26.3. The van der Waals surface area contributed by atoms with Crippen LogP contribution in [0.3, 0.4) is 0 Å². The van der Waals surface area contributed by atoms with Crippen LogP contribution in [-0.4, -0.2) is 65.7 Å². The van der Waals surface area contributed by atoms with Crippen LogP contribution in [-0.2, 0) is 14.3 Å². The fourth-order valence-electron chi connectivity index (χ4n) is 5.16. The van der Waals surface area contributed by atoms with Gasteiger partial charge in [-0.05, 0) is 62.7 Å². The number of likely N-dealkylation sites (N-methyl/N-ethyl adjacent to an activating group) is 1. The first kappa shape index (κ1) is 31.1. The van der Waals surface area contributed by atoms with E-state index in [1.165, 1.54) is 4.90 Å². The van der Waals surface area contributed by atoms with Gasteiger partial charge in [0.1, 0.15) is 6.54 Å². The summed E-state index contributed by atoms with van der Waals surface area (Å²) < 4.78 is 5.87. The van der Waals surface area contributed by atoms with Gasteiger partial charge in [-0.15, -0.1) is 6.58 Å². The number of hydrogen-bond donors (Lipinski definition) is 1. The summed E-state index contributed by atoms with van der Waals surface area (Å²) in [5, 5.41) is 9.00. The zero-order valence-electron chi connectivity index (χ0n) is 22.8. The fourth-order valence-corrected chi connectivity index (χ4v) is 5.16. The number of allylic oxidation sites excluding steroid dienone is 1. The average Bonchev–Trinajstić information content (AvgIpc) is 3.14. The Bertz CT molecular complexity index is 676. The standard InChI is InChI=1S/C28H50N2O5/c1-6-27(7-2,18-15-25(32)33)16-11-13-21-35-22-14-12-17-28(8-3,9-4)19-20-30-24(31)23-29(10-5)26(30)34/h6H,1,7-23H2,2-5H3,(H,32,33). The van der Waals surface area contributed by atoms with Gasteiger partial charge in [0.05, 0.1) is 0 Å². The number of carbonyl (C=O) groups is 3. The number of hydrogen-bond acceptors (Lipinski definition) is 4. The lowest BCUT2D eigenvalue weighted by molar-refractivity contribution is -0.137. The van der Waals surface area contributed by atoms with Crippen LogP contribution in [0, 0.1) is 10.8 Å². The van der Waals surface area contributed by atoms with Crippen molar-refractivity contribution >= 4 is 17.9 Å². The van der Waals surface area contributed by atoms with Gasteiger partial charge >= 0.3 is 12.0 Å². The second-order valence-electron chi connectivity index (χ2n) is 10.1. The van der Waals surface area contributed by atoms with Crippen molar-refractivity contribution in [1.82, 2.24) is 9.80 Å². The molecule has 1 aliphatic heterocycles. The predicted molar refractivity (Wildman–Crippen MR) is 140 cm³/mol. The van der Waals surface area contributed by atoms with Crippen LogP contribution >= 0.6 is 0 Å². The molecule has 0 saturated carbocycles. The normalized spacial score (nSPS) is 16.1. The van der Waals surface area contributed by atoms with E-state index in [4.69, 9.17) is 9.84 Å². The van der Waals surface area contributed by atoms with Crippen molar-refractivity contribution < 1.29 is 24.2 Å². The number of aliphatic carboxylic acids is 1. The number of unbranched alkanes of at least 4 members (excludes halogenated alkanes) is 2. The molecule has 0 aromatic carbocycles. The van der Waals surface area contributed by atoms with Crippen LogP contribution in [0.15, 0.2) is 12.7 Å². The third-order valence-corrected chi connectivity index (χ3v) is 8.31. The highest BCUT2D eigenvalue weighted by Crippen LogP contribution is 2.37. The molecular weight excluding hydrogens is 444 g/mol. The van der Waals surface area contributed by atoms with Crippen molar-refractivity contribution in [3.05, 3.63) is 12.7 Å². The monoisotopic (exact) mass is 494 g/mol. The molecule has 0 aromatic rings. The molecule has 1 fully saturated rings. The van der Waals surface area contributed by atoms with E-state index in [1.807, 2.05) is 13.0 Å². The molecular formula is C28H50N2O5. The van der Waals surface area contributed by atoms with Crippen LogP contribution in [0.1, 0.15) is 105 Å². The van der Waals surface area contributed by atoms with Gasteiger partial charge in [0.2, 0.25) is 5.91 Å². The van der Waals surface area contributed by atoms with Gasteiger partial charge in [-0.3, -0.25) is 14.5 Å². The van der Waals surface area contributed by atoms with Gasteiger partial charge in [-0.25, -0.2) is 4.79 Å². The average molecular weight is 495 g/mol. The Labute approximate surface area is 213 Å². The number of carbonyl (C=O) groups excluding carboxylic acids is 2. The van der Waals surface area contributed by atoms with E-state index in [-0.39, 0.29) is 35.7 Å². The topological polar surface area (TPSA) is 87.2 Å². The first-order valence-corrected chi connectivity index (χ1v) is 13.7. The largest absolute Gasteiger partial charge is 0.481 e. The van der Waals surface area contributed by atoms with E-state index < -0.39 is 5.97 Å². The van der Waals surface area contributed by atoms with E-state index in [0.717, 1.165) is 77.4 Å². The molecule has 1 aliphatic rings. The summed E-state index contributed by atoms with van der Waals surface area (Å²) in [5.74, 6) is -0.818. The fraction of sp³-hybridized carbons (Fsp3) is 0.821. The lowest BCUT2D eigenvalue weighted by atomic mass is 9.75. The Morgan fingerprint density at radius 2 is 1.60 bits per heavy atom. The summed E-state index contributed by atoms with van der Waals surface area (Å²) in [6.45, 7) is 15.2. The van der Waals surface area contributed by atoms with Gasteiger partial charge in [0.15, 0.2) is 0 Å². The van der Waals surface area contributed by atoms with Crippen LogP contribution in [0.25, 0.3) is 0 Å². The van der Waals surface area contributed by atoms with E-state index in [0.29, 0.717) is 19.5 Å². The highest BCUT2D eigenvalue weighted by atomic mass is 16.5. The third-order valence-electron chi connectivity index (χ3n) is 8.31. The highest BCUT2D eigenvalue weighted by Gasteiger charge is 2.36. The minimum atomic E-state index is -0.746. The number of nitrogens with zero attached hydrogens (tertiary/aromatic N) is 2. The van der Waals surface area contributed by atoms with Crippen molar-refractivity contribution in [2.45, 2.75) is 105 Å². The Kier molecular flexibility index (Phi) is 14.2. The quantitative estimate of drug-likeness (QED) is 0.115. The lowest BCUT2D eigenvalue weighted by Gasteiger charge is -2.33. The number of imide groups is 1. The molecule has 1 heterocycles. The van der Waals surface area contributed by atoms with Crippen molar-refractivity contribution in [2.75, 3.05) is 32.8 Å². The first-order valence-electron chi connectivity index (χ1n) is 13.7. The number of amides is 3. The third kappa shape index (κ3) is 9.94. The van der Waals surface area contributed by atoms with Crippen molar-refractivity contribution in [3.8, 4) is 0 Å². The molecule has 35 heavy (non-hydrogen) atoms. The molecule has 0 bridgehead atoms. The lowest BCUT2D eigenvalue weighted by Crippen LogP contribution is -2.36. The Balaban J connectivity index is 2.29. The molecule has 1 unspecified atom stereocenters. The molecule has 3 amide bonds. The Morgan fingerprint density at radius 1 is 0.971 bits per heavy atom. The molecule has 1 atom stereocenters. The second-order valence-corrected chi connectivity index (χ2v) is 10.1. The molecule has 1 saturated heterocycles. The van der Waals surface area contributed by atoms with Crippen molar-refractivity contribution in [1.29, 1.82) is 0 Å². The van der Waals surface area contributed by atoms with E-state index >= 15 is 0 Å². The molecule has 0 spiro atoms. The summed E-state index contributed by atoms with van der Waals surface area (Å²) >= 11 is 0. The molecule has 1 rings (SSSR count). The maximum absolute atomic E-state index is 12.4.